The first-order chi connectivity index (χ1) is 9.33. The summed E-state index contributed by atoms with van der Waals surface area (Å²) in [6.45, 7) is 14.4. The number of hydrogen-bond donors (Lipinski definition) is 0. The molecular weight excluding hydrogens is 242 g/mol. The molecule has 0 aromatic carbocycles. The molecule has 0 aromatic heterocycles. The van der Waals surface area contributed by atoms with Gasteiger partial charge in [-0.3, -0.25) is 4.90 Å². The van der Waals surface area contributed by atoms with Crippen LogP contribution in [0.25, 0.3) is 0 Å². The van der Waals surface area contributed by atoms with Gasteiger partial charge >= 0.3 is 0 Å². The summed E-state index contributed by atoms with van der Waals surface area (Å²) < 4.78 is 0. The van der Waals surface area contributed by atoms with Crippen LogP contribution in [0.3, 0.4) is 0 Å². The van der Waals surface area contributed by atoms with Crippen LogP contribution in [0.2, 0.25) is 0 Å². The fourth-order valence-corrected chi connectivity index (χ4v) is 3.89. The van der Waals surface area contributed by atoms with E-state index in [-0.39, 0.29) is 5.54 Å². The molecule has 114 valence electrons. The van der Waals surface area contributed by atoms with Gasteiger partial charge in [-0.15, -0.1) is 0 Å². The quantitative estimate of drug-likeness (QED) is 0.641. The normalized spacial score (nSPS) is 28.6. The predicted molar refractivity (Wildman–Crippen MR) is 88.9 cm³/mol. The zero-order chi connectivity index (χ0) is 14.8. The number of rotatable bonds is 3. The molecule has 0 spiro atoms. The molecule has 20 heavy (non-hydrogen) atoms. The number of piperidine rings is 1. The molecule has 1 saturated heterocycles. The molecule has 0 N–H and O–H groups in total. The summed E-state index contributed by atoms with van der Waals surface area (Å²) in [5.41, 5.74) is 2.17. The molecule has 1 fully saturated rings. The Hall–Kier alpha value is -0.560. The molecule has 0 bridgehead atoms. The number of hydrogen-bond acceptors (Lipinski definition) is 1. The van der Waals surface area contributed by atoms with Crippen LogP contribution in [0.1, 0.15) is 66.7 Å². The highest BCUT2D eigenvalue weighted by molar-refractivity contribution is 5.20. The van der Waals surface area contributed by atoms with Gasteiger partial charge in [0.2, 0.25) is 0 Å². The Morgan fingerprint density at radius 1 is 1.20 bits per heavy atom. The minimum atomic E-state index is 0.203. The van der Waals surface area contributed by atoms with Gasteiger partial charge in [-0.2, -0.15) is 0 Å². The van der Waals surface area contributed by atoms with E-state index in [1.54, 1.807) is 5.57 Å². The van der Waals surface area contributed by atoms with Crippen molar-refractivity contribution in [2.45, 2.75) is 72.3 Å². The molecule has 1 nitrogen and oxygen atoms in total. The molecule has 1 heteroatoms. The van der Waals surface area contributed by atoms with Gasteiger partial charge in [0.25, 0.3) is 0 Å². The summed E-state index contributed by atoms with van der Waals surface area (Å²) in [5.74, 6) is 0.611. The highest BCUT2D eigenvalue weighted by Crippen LogP contribution is 2.42. The van der Waals surface area contributed by atoms with Crippen LogP contribution in [-0.2, 0) is 0 Å². The lowest BCUT2D eigenvalue weighted by Crippen LogP contribution is -2.45. The number of nitrogens with zero attached hydrogens (tertiary/aromatic N) is 1. The van der Waals surface area contributed by atoms with Crippen molar-refractivity contribution in [1.82, 2.24) is 4.90 Å². The maximum absolute atomic E-state index is 2.65. The van der Waals surface area contributed by atoms with E-state index < -0.39 is 0 Å². The van der Waals surface area contributed by atoms with Crippen LogP contribution < -0.4 is 0 Å². The molecule has 2 aliphatic rings. The average molecular weight is 275 g/mol. The molecule has 2 rings (SSSR count). The predicted octanol–water partition coefficient (Wildman–Crippen LogP) is 5.19. The Morgan fingerprint density at radius 3 is 2.45 bits per heavy atom. The highest BCUT2D eigenvalue weighted by Gasteiger charge is 2.32. The molecule has 0 radical (unpaired) electrons. The van der Waals surface area contributed by atoms with Crippen molar-refractivity contribution in [2.75, 3.05) is 13.1 Å². The number of allylic oxidation sites excluding steroid dienone is 3. The highest BCUT2D eigenvalue weighted by atomic mass is 15.2. The Bertz CT molecular complexity index is 381. The fourth-order valence-electron chi connectivity index (χ4n) is 3.89. The van der Waals surface area contributed by atoms with E-state index in [2.05, 4.69) is 57.7 Å². The van der Waals surface area contributed by atoms with Gasteiger partial charge < -0.3 is 0 Å². The van der Waals surface area contributed by atoms with Crippen molar-refractivity contribution in [3.63, 3.8) is 0 Å². The van der Waals surface area contributed by atoms with Crippen LogP contribution in [0, 0.1) is 11.3 Å². The fraction of sp³-hybridized carbons (Fsp3) is 0.789. The first kappa shape index (κ1) is 15.8. The first-order valence-electron chi connectivity index (χ1n) is 8.44. The third kappa shape index (κ3) is 3.55. The third-order valence-corrected chi connectivity index (χ3v) is 5.46. The second-order valence-electron chi connectivity index (χ2n) is 8.01. The van der Waals surface area contributed by atoms with Gasteiger partial charge in [-0.25, -0.2) is 0 Å². The molecule has 1 atom stereocenters. The molecule has 0 aromatic rings. The van der Waals surface area contributed by atoms with Crippen LogP contribution in [0.5, 0.6) is 0 Å². The molecule has 0 amide bonds. The minimum absolute atomic E-state index is 0.203. The molecule has 0 saturated carbocycles. The van der Waals surface area contributed by atoms with Gasteiger partial charge in [0.15, 0.2) is 0 Å². The van der Waals surface area contributed by atoms with E-state index in [9.17, 15) is 0 Å². The lowest BCUT2D eigenvalue weighted by molar-refractivity contribution is 0.131. The Labute approximate surface area is 126 Å². The summed E-state index contributed by atoms with van der Waals surface area (Å²) in [5, 5.41) is 0. The minimum Gasteiger partial charge on any atom is -0.295 e. The van der Waals surface area contributed by atoms with Gasteiger partial charge in [0, 0.05) is 11.5 Å². The summed E-state index contributed by atoms with van der Waals surface area (Å²) >= 11 is 0. The van der Waals surface area contributed by atoms with Crippen molar-refractivity contribution in [1.29, 1.82) is 0 Å². The Kier molecular flexibility index (Phi) is 4.79. The van der Waals surface area contributed by atoms with Crippen LogP contribution in [0.4, 0.5) is 0 Å². The van der Waals surface area contributed by atoms with Crippen LogP contribution >= 0.6 is 0 Å². The van der Waals surface area contributed by atoms with Gasteiger partial charge in [-0.05, 0) is 65.0 Å². The summed E-state index contributed by atoms with van der Waals surface area (Å²) in [7, 11) is 0. The van der Waals surface area contributed by atoms with E-state index >= 15 is 0 Å². The van der Waals surface area contributed by atoms with Crippen molar-refractivity contribution in [3.05, 3.63) is 23.8 Å². The lowest BCUT2D eigenvalue weighted by Gasteiger charge is -2.41. The van der Waals surface area contributed by atoms with E-state index in [1.165, 1.54) is 45.2 Å². The van der Waals surface area contributed by atoms with Crippen molar-refractivity contribution >= 4 is 0 Å². The first-order valence-corrected chi connectivity index (χ1v) is 8.44. The molecular formula is C19H33N. The summed E-state index contributed by atoms with van der Waals surface area (Å²) in [6, 6.07) is 0. The van der Waals surface area contributed by atoms with Crippen molar-refractivity contribution in [2.24, 2.45) is 11.3 Å². The van der Waals surface area contributed by atoms with Gasteiger partial charge in [0.05, 0.1) is 0 Å². The van der Waals surface area contributed by atoms with Crippen LogP contribution in [0.15, 0.2) is 23.8 Å². The standard InChI is InChI=1S/C19H33N/c1-16-10-9-12-18(2,3)17(16)11-13-19(4,5)20-14-7-6-8-15-20/h10-11,13,17H,6-9,12,14-15H2,1-5H3. The third-order valence-electron chi connectivity index (χ3n) is 5.46. The Balaban J connectivity index is 2.10. The Morgan fingerprint density at radius 2 is 1.85 bits per heavy atom. The molecule has 1 aliphatic carbocycles. The molecule has 1 heterocycles. The van der Waals surface area contributed by atoms with Crippen molar-refractivity contribution in [3.8, 4) is 0 Å². The summed E-state index contributed by atoms with van der Waals surface area (Å²) in [4.78, 5) is 2.65. The van der Waals surface area contributed by atoms with Crippen LogP contribution in [-0.4, -0.2) is 23.5 Å². The second-order valence-corrected chi connectivity index (χ2v) is 8.01. The zero-order valence-corrected chi connectivity index (χ0v) is 14.2. The van der Waals surface area contributed by atoms with Crippen molar-refractivity contribution < 1.29 is 0 Å². The van der Waals surface area contributed by atoms with E-state index in [1.807, 2.05) is 0 Å². The largest absolute Gasteiger partial charge is 0.295 e. The monoisotopic (exact) mass is 275 g/mol. The zero-order valence-electron chi connectivity index (χ0n) is 14.2. The van der Waals surface area contributed by atoms with E-state index in [0.29, 0.717) is 11.3 Å². The van der Waals surface area contributed by atoms with E-state index in [0.717, 1.165) is 0 Å². The second kappa shape index (κ2) is 6.05. The maximum Gasteiger partial charge on any atom is 0.0335 e. The summed E-state index contributed by atoms with van der Waals surface area (Å²) in [6.07, 6.45) is 14.1. The number of likely N-dealkylation sites (tertiary alicyclic amines) is 1. The topological polar surface area (TPSA) is 3.24 Å². The smallest absolute Gasteiger partial charge is 0.0335 e. The molecule has 1 aliphatic heterocycles. The molecule has 1 unspecified atom stereocenters. The average Bonchev–Trinajstić information content (AvgIpc) is 2.38. The maximum atomic E-state index is 2.65. The lowest BCUT2D eigenvalue weighted by atomic mass is 9.68. The van der Waals surface area contributed by atoms with Gasteiger partial charge in [0.1, 0.15) is 0 Å². The van der Waals surface area contributed by atoms with Gasteiger partial charge in [-0.1, -0.05) is 44.1 Å². The SMILES string of the molecule is CC1=CCCC(C)(C)C1C=CC(C)(C)N1CCCCC1. The van der Waals surface area contributed by atoms with E-state index in [4.69, 9.17) is 0 Å².